The summed E-state index contributed by atoms with van der Waals surface area (Å²) in [5.41, 5.74) is 0.868. The molecule has 0 heterocycles. The van der Waals surface area contributed by atoms with Gasteiger partial charge in [0.2, 0.25) is 0 Å². The Bertz CT molecular complexity index is 415. The van der Waals surface area contributed by atoms with Crippen molar-refractivity contribution in [2.45, 2.75) is 6.92 Å². The molecular formula is C11H9FOS. The van der Waals surface area contributed by atoms with Gasteiger partial charge in [0.15, 0.2) is 5.78 Å². The zero-order valence-electron chi connectivity index (χ0n) is 7.67. The van der Waals surface area contributed by atoms with Crippen LogP contribution in [0.15, 0.2) is 18.2 Å². The Morgan fingerprint density at radius 1 is 1.57 bits per heavy atom. The van der Waals surface area contributed by atoms with E-state index in [1.165, 1.54) is 25.1 Å². The molecular weight excluding hydrogens is 199 g/mol. The van der Waals surface area contributed by atoms with Crippen LogP contribution in [0.5, 0.6) is 0 Å². The predicted molar refractivity (Wildman–Crippen MR) is 57.1 cm³/mol. The third-order valence-corrected chi connectivity index (χ3v) is 1.82. The summed E-state index contributed by atoms with van der Waals surface area (Å²) in [5.74, 6) is 5.28. The first kappa shape index (κ1) is 10.8. The van der Waals surface area contributed by atoms with Gasteiger partial charge in [-0.05, 0) is 25.1 Å². The molecule has 1 rings (SSSR count). The van der Waals surface area contributed by atoms with Crippen molar-refractivity contribution in [3.63, 3.8) is 0 Å². The van der Waals surface area contributed by atoms with Gasteiger partial charge in [0.1, 0.15) is 5.82 Å². The van der Waals surface area contributed by atoms with E-state index in [1.54, 1.807) is 0 Å². The molecule has 0 amide bonds. The van der Waals surface area contributed by atoms with Gasteiger partial charge in [0.25, 0.3) is 0 Å². The van der Waals surface area contributed by atoms with E-state index in [-0.39, 0.29) is 5.78 Å². The molecule has 0 saturated heterocycles. The first-order valence-electron chi connectivity index (χ1n) is 4.05. The fourth-order valence-electron chi connectivity index (χ4n) is 1.05. The Labute approximate surface area is 87.7 Å². The van der Waals surface area contributed by atoms with Gasteiger partial charge in [-0.3, -0.25) is 4.79 Å². The molecule has 0 fully saturated rings. The van der Waals surface area contributed by atoms with Gasteiger partial charge in [0, 0.05) is 11.1 Å². The van der Waals surface area contributed by atoms with Crippen molar-refractivity contribution in [1.29, 1.82) is 0 Å². The minimum atomic E-state index is -0.424. The lowest BCUT2D eigenvalue weighted by atomic mass is 10.0. The van der Waals surface area contributed by atoms with E-state index in [0.29, 0.717) is 16.9 Å². The number of rotatable bonds is 1. The fourth-order valence-corrected chi connectivity index (χ4v) is 1.13. The summed E-state index contributed by atoms with van der Waals surface area (Å²) in [4.78, 5) is 11.1. The lowest BCUT2D eigenvalue weighted by Gasteiger charge is -1.99. The van der Waals surface area contributed by atoms with E-state index in [2.05, 4.69) is 24.5 Å². The normalized spacial score (nSPS) is 9.07. The molecule has 0 N–H and O–H groups in total. The molecule has 14 heavy (non-hydrogen) atoms. The van der Waals surface area contributed by atoms with Crippen molar-refractivity contribution < 1.29 is 9.18 Å². The topological polar surface area (TPSA) is 17.1 Å². The van der Waals surface area contributed by atoms with Crippen molar-refractivity contribution in [1.82, 2.24) is 0 Å². The number of ketones is 1. The van der Waals surface area contributed by atoms with Crippen LogP contribution in [-0.4, -0.2) is 11.5 Å². The molecule has 0 atom stereocenters. The number of benzene rings is 1. The molecule has 72 valence electrons. The SMILES string of the molecule is CC(=O)c1cc(F)ccc1C#CCS. The predicted octanol–water partition coefficient (Wildman–Crippen LogP) is 2.31. The van der Waals surface area contributed by atoms with Gasteiger partial charge in [-0.25, -0.2) is 4.39 Å². The van der Waals surface area contributed by atoms with Crippen molar-refractivity contribution in [2.75, 3.05) is 5.75 Å². The van der Waals surface area contributed by atoms with Gasteiger partial charge in [0.05, 0.1) is 5.75 Å². The minimum Gasteiger partial charge on any atom is -0.294 e. The van der Waals surface area contributed by atoms with Crippen LogP contribution in [0, 0.1) is 17.7 Å². The zero-order chi connectivity index (χ0) is 10.6. The molecule has 1 aromatic rings. The number of hydrogen-bond donors (Lipinski definition) is 1. The summed E-state index contributed by atoms with van der Waals surface area (Å²) >= 11 is 3.92. The van der Waals surface area contributed by atoms with Gasteiger partial charge in [-0.2, -0.15) is 12.6 Å². The summed E-state index contributed by atoms with van der Waals surface area (Å²) in [7, 11) is 0. The summed E-state index contributed by atoms with van der Waals surface area (Å²) in [6.07, 6.45) is 0. The van der Waals surface area contributed by atoms with Crippen LogP contribution in [-0.2, 0) is 0 Å². The fraction of sp³-hybridized carbons (Fsp3) is 0.182. The van der Waals surface area contributed by atoms with Crippen LogP contribution < -0.4 is 0 Å². The first-order valence-corrected chi connectivity index (χ1v) is 4.68. The molecule has 0 bridgehead atoms. The maximum Gasteiger partial charge on any atom is 0.161 e. The van der Waals surface area contributed by atoms with Gasteiger partial charge in [-0.15, -0.1) is 0 Å². The second-order valence-electron chi connectivity index (χ2n) is 2.71. The van der Waals surface area contributed by atoms with E-state index in [4.69, 9.17) is 0 Å². The molecule has 0 aliphatic carbocycles. The van der Waals surface area contributed by atoms with Crippen molar-refractivity contribution >= 4 is 18.4 Å². The highest BCUT2D eigenvalue weighted by Crippen LogP contribution is 2.10. The number of thiol groups is 1. The van der Waals surface area contributed by atoms with Crippen LogP contribution in [0.4, 0.5) is 4.39 Å². The molecule has 0 unspecified atom stereocenters. The molecule has 0 saturated carbocycles. The lowest BCUT2D eigenvalue weighted by Crippen LogP contribution is -1.97. The molecule has 0 aliphatic heterocycles. The number of carbonyl (C=O) groups is 1. The Balaban J connectivity index is 3.22. The Morgan fingerprint density at radius 2 is 2.29 bits per heavy atom. The Morgan fingerprint density at radius 3 is 2.86 bits per heavy atom. The quantitative estimate of drug-likeness (QED) is 0.426. The van der Waals surface area contributed by atoms with E-state index >= 15 is 0 Å². The van der Waals surface area contributed by atoms with Crippen LogP contribution >= 0.6 is 12.6 Å². The van der Waals surface area contributed by atoms with Crippen molar-refractivity contribution in [3.8, 4) is 11.8 Å². The molecule has 0 aliphatic rings. The van der Waals surface area contributed by atoms with Gasteiger partial charge in [-0.1, -0.05) is 11.8 Å². The van der Waals surface area contributed by atoms with Gasteiger partial charge >= 0.3 is 0 Å². The van der Waals surface area contributed by atoms with E-state index in [9.17, 15) is 9.18 Å². The average Bonchev–Trinajstić information content (AvgIpc) is 2.15. The number of halogens is 1. The largest absolute Gasteiger partial charge is 0.294 e. The summed E-state index contributed by atoms with van der Waals surface area (Å²) in [5, 5.41) is 0. The summed E-state index contributed by atoms with van der Waals surface area (Å²) in [6.45, 7) is 1.39. The minimum absolute atomic E-state index is 0.187. The maximum atomic E-state index is 12.8. The number of hydrogen-bond acceptors (Lipinski definition) is 2. The van der Waals surface area contributed by atoms with Crippen molar-refractivity contribution in [2.24, 2.45) is 0 Å². The average molecular weight is 208 g/mol. The number of carbonyl (C=O) groups excluding carboxylic acids is 1. The maximum absolute atomic E-state index is 12.8. The second kappa shape index (κ2) is 4.83. The van der Waals surface area contributed by atoms with Crippen LogP contribution in [0.3, 0.4) is 0 Å². The lowest BCUT2D eigenvalue weighted by molar-refractivity contribution is 0.101. The van der Waals surface area contributed by atoms with Crippen LogP contribution in [0.25, 0.3) is 0 Å². The second-order valence-corrected chi connectivity index (χ2v) is 3.02. The summed E-state index contributed by atoms with van der Waals surface area (Å²) < 4.78 is 12.8. The van der Waals surface area contributed by atoms with E-state index < -0.39 is 5.82 Å². The molecule has 0 radical (unpaired) electrons. The number of Topliss-reactive ketones (excluding diaryl/α,β-unsaturated/α-hetero) is 1. The van der Waals surface area contributed by atoms with Crippen LogP contribution in [0.1, 0.15) is 22.8 Å². The highest BCUT2D eigenvalue weighted by Gasteiger charge is 2.06. The molecule has 3 heteroatoms. The Hall–Kier alpha value is -1.27. The van der Waals surface area contributed by atoms with E-state index in [1.807, 2.05) is 0 Å². The molecule has 0 spiro atoms. The third kappa shape index (κ3) is 2.61. The molecule has 0 aromatic heterocycles. The van der Waals surface area contributed by atoms with Crippen LogP contribution in [0.2, 0.25) is 0 Å². The van der Waals surface area contributed by atoms with Gasteiger partial charge < -0.3 is 0 Å². The summed E-state index contributed by atoms with van der Waals surface area (Å²) in [6, 6.07) is 3.99. The van der Waals surface area contributed by atoms with Crippen molar-refractivity contribution in [3.05, 3.63) is 35.1 Å². The molecule has 1 nitrogen and oxygen atoms in total. The highest BCUT2D eigenvalue weighted by molar-refractivity contribution is 7.80. The Kier molecular flexibility index (Phi) is 3.73. The smallest absolute Gasteiger partial charge is 0.161 e. The standard InChI is InChI=1S/C11H9FOS/c1-8(13)11-7-10(12)5-4-9(11)3-2-6-14/h4-5,7,14H,6H2,1H3. The third-order valence-electron chi connectivity index (χ3n) is 1.66. The molecule has 1 aromatic carbocycles. The van der Waals surface area contributed by atoms with E-state index in [0.717, 1.165) is 0 Å². The zero-order valence-corrected chi connectivity index (χ0v) is 8.57. The first-order chi connectivity index (χ1) is 6.65. The monoisotopic (exact) mass is 208 g/mol. The highest BCUT2D eigenvalue weighted by atomic mass is 32.1.